The van der Waals surface area contributed by atoms with Crippen molar-refractivity contribution >= 4 is 11.9 Å². The number of aliphatic carboxylic acids is 1. The monoisotopic (exact) mass is 256 g/mol. The first kappa shape index (κ1) is 15.0. The second-order valence-corrected chi connectivity index (χ2v) is 4.92. The molecule has 0 saturated heterocycles. The summed E-state index contributed by atoms with van der Waals surface area (Å²) in [7, 11) is 0. The van der Waals surface area contributed by atoms with Crippen molar-refractivity contribution in [1.82, 2.24) is 10.2 Å². The minimum Gasteiger partial charge on any atom is -0.480 e. The normalized spacial score (nSPS) is 16.3. The Morgan fingerprint density at radius 1 is 1.28 bits per heavy atom. The van der Waals surface area contributed by atoms with Crippen LogP contribution in [0, 0.1) is 5.92 Å². The van der Waals surface area contributed by atoms with Gasteiger partial charge in [-0.3, -0.25) is 14.9 Å². The zero-order valence-corrected chi connectivity index (χ0v) is 11.3. The van der Waals surface area contributed by atoms with Gasteiger partial charge in [-0.05, 0) is 31.6 Å². The van der Waals surface area contributed by atoms with Gasteiger partial charge in [0.15, 0.2) is 0 Å². The van der Waals surface area contributed by atoms with E-state index in [2.05, 4.69) is 5.32 Å². The maximum atomic E-state index is 12.0. The van der Waals surface area contributed by atoms with Crippen LogP contribution in [0.3, 0.4) is 0 Å². The number of hydrogen-bond donors (Lipinski definition) is 2. The minimum atomic E-state index is -0.845. The van der Waals surface area contributed by atoms with E-state index in [0.717, 1.165) is 38.8 Å². The van der Waals surface area contributed by atoms with Crippen LogP contribution in [0.25, 0.3) is 0 Å². The van der Waals surface area contributed by atoms with E-state index in [4.69, 9.17) is 5.11 Å². The predicted molar refractivity (Wildman–Crippen MR) is 69.3 cm³/mol. The van der Waals surface area contributed by atoms with E-state index >= 15 is 0 Å². The smallest absolute Gasteiger partial charge is 0.320 e. The average Bonchev–Trinajstić information content (AvgIpc) is 3.12. The number of amides is 1. The molecule has 0 aliphatic heterocycles. The second-order valence-electron chi connectivity index (χ2n) is 4.92. The first-order chi connectivity index (χ1) is 8.60. The van der Waals surface area contributed by atoms with Gasteiger partial charge < -0.3 is 10.0 Å². The van der Waals surface area contributed by atoms with E-state index in [9.17, 15) is 9.59 Å². The fourth-order valence-electron chi connectivity index (χ4n) is 2.10. The molecular formula is C13H24N2O3. The van der Waals surface area contributed by atoms with Gasteiger partial charge in [0.1, 0.15) is 6.04 Å². The molecule has 0 bridgehead atoms. The summed E-state index contributed by atoms with van der Waals surface area (Å²) < 4.78 is 0. The predicted octanol–water partition coefficient (Wildman–Crippen LogP) is 1.09. The second kappa shape index (κ2) is 7.36. The first-order valence-electron chi connectivity index (χ1n) is 6.84. The lowest BCUT2D eigenvalue weighted by molar-refractivity contribution is -0.140. The number of carbonyl (C=O) groups is 2. The molecule has 1 rings (SSSR count). The Labute approximate surface area is 109 Å². The number of nitrogens with zero attached hydrogens (tertiary/aromatic N) is 1. The summed E-state index contributed by atoms with van der Waals surface area (Å²) >= 11 is 0. The largest absolute Gasteiger partial charge is 0.480 e. The zero-order chi connectivity index (χ0) is 13.5. The third kappa shape index (κ3) is 4.64. The van der Waals surface area contributed by atoms with Crippen LogP contribution in [0.2, 0.25) is 0 Å². The van der Waals surface area contributed by atoms with E-state index < -0.39 is 12.0 Å². The Balaban J connectivity index is 2.39. The van der Waals surface area contributed by atoms with Crippen LogP contribution in [-0.2, 0) is 9.59 Å². The number of carboxylic acids is 1. The summed E-state index contributed by atoms with van der Waals surface area (Å²) in [5.41, 5.74) is 0. The lowest BCUT2D eigenvalue weighted by atomic mass is 10.2. The van der Waals surface area contributed by atoms with Crippen LogP contribution < -0.4 is 5.32 Å². The molecule has 1 saturated carbocycles. The summed E-state index contributed by atoms with van der Waals surface area (Å²) in [4.78, 5) is 24.8. The van der Waals surface area contributed by atoms with Crippen LogP contribution in [0.4, 0.5) is 0 Å². The molecular weight excluding hydrogens is 232 g/mol. The molecule has 1 unspecified atom stereocenters. The number of carbonyl (C=O) groups excluding carboxylic acids is 1. The van der Waals surface area contributed by atoms with E-state index in [1.54, 1.807) is 4.90 Å². The molecule has 1 atom stereocenters. The van der Waals surface area contributed by atoms with Crippen molar-refractivity contribution in [3.63, 3.8) is 0 Å². The molecule has 0 radical (unpaired) electrons. The van der Waals surface area contributed by atoms with Gasteiger partial charge in [-0.1, -0.05) is 13.8 Å². The van der Waals surface area contributed by atoms with Crippen molar-refractivity contribution in [3.05, 3.63) is 0 Å². The molecule has 5 heteroatoms. The fraction of sp³-hybridized carbons (Fsp3) is 0.846. The first-order valence-corrected chi connectivity index (χ1v) is 6.84. The Hall–Kier alpha value is -1.10. The molecule has 0 aromatic heterocycles. The third-order valence-corrected chi connectivity index (χ3v) is 3.17. The number of rotatable bonds is 9. The molecule has 2 N–H and O–H groups in total. The molecule has 1 fully saturated rings. The van der Waals surface area contributed by atoms with Gasteiger partial charge in [0.2, 0.25) is 5.91 Å². The van der Waals surface area contributed by atoms with Crippen LogP contribution in [0.15, 0.2) is 0 Å². The van der Waals surface area contributed by atoms with Crippen LogP contribution >= 0.6 is 0 Å². The van der Waals surface area contributed by atoms with Crippen molar-refractivity contribution in [2.75, 3.05) is 19.6 Å². The summed E-state index contributed by atoms with van der Waals surface area (Å²) in [5, 5.41) is 11.9. The molecule has 18 heavy (non-hydrogen) atoms. The van der Waals surface area contributed by atoms with Gasteiger partial charge in [0, 0.05) is 13.1 Å². The topological polar surface area (TPSA) is 69.6 Å². The molecule has 5 nitrogen and oxygen atoms in total. The zero-order valence-electron chi connectivity index (χ0n) is 11.3. The molecule has 1 aliphatic rings. The Kier molecular flexibility index (Phi) is 6.12. The SMILES string of the molecule is CCCN(CCC)C(=O)CNC(C(=O)O)C1CC1. The maximum absolute atomic E-state index is 12.0. The molecule has 0 heterocycles. The van der Waals surface area contributed by atoms with Crippen LogP contribution in [-0.4, -0.2) is 47.6 Å². The Morgan fingerprint density at radius 2 is 1.83 bits per heavy atom. The summed E-state index contributed by atoms with van der Waals surface area (Å²) in [6, 6.07) is -0.556. The van der Waals surface area contributed by atoms with Gasteiger partial charge in [-0.2, -0.15) is 0 Å². The van der Waals surface area contributed by atoms with Crippen LogP contribution in [0.5, 0.6) is 0 Å². The van der Waals surface area contributed by atoms with Gasteiger partial charge in [-0.25, -0.2) is 0 Å². The molecule has 0 aromatic carbocycles. The van der Waals surface area contributed by atoms with Crippen molar-refractivity contribution in [2.45, 2.75) is 45.6 Å². The molecule has 104 valence electrons. The molecule has 1 amide bonds. The molecule has 0 aromatic rings. The quantitative estimate of drug-likeness (QED) is 0.648. The van der Waals surface area contributed by atoms with Gasteiger partial charge in [0.25, 0.3) is 0 Å². The summed E-state index contributed by atoms with van der Waals surface area (Å²) in [5.74, 6) is -0.630. The van der Waals surface area contributed by atoms with E-state index in [1.165, 1.54) is 0 Å². The lowest BCUT2D eigenvalue weighted by Gasteiger charge is -2.23. The maximum Gasteiger partial charge on any atom is 0.320 e. The molecule has 1 aliphatic carbocycles. The highest BCUT2D eigenvalue weighted by Gasteiger charge is 2.36. The fourth-order valence-corrected chi connectivity index (χ4v) is 2.10. The summed E-state index contributed by atoms with van der Waals surface area (Å²) in [6.07, 6.45) is 3.75. The van der Waals surface area contributed by atoms with Gasteiger partial charge >= 0.3 is 5.97 Å². The van der Waals surface area contributed by atoms with Crippen molar-refractivity contribution in [1.29, 1.82) is 0 Å². The average molecular weight is 256 g/mol. The van der Waals surface area contributed by atoms with Crippen molar-refractivity contribution in [3.8, 4) is 0 Å². The lowest BCUT2D eigenvalue weighted by Crippen LogP contribution is -2.46. The number of hydrogen-bond acceptors (Lipinski definition) is 3. The van der Waals surface area contributed by atoms with E-state index in [0.29, 0.717) is 0 Å². The van der Waals surface area contributed by atoms with E-state index in [1.807, 2.05) is 13.8 Å². The number of nitrogens with one attached hydrogen (secondary N) is 1. The Bertz CT molecular complexity index is 284. The highest BCUT2D eigenvalue weighted by molar-refractivity contribution is 5.80. The van der Waals surface area contributed by atoms with E-state index in [-0.39, 0.29) is 18.4 Å². The summed E-state index contributed by atoms with van der Waals surface area (Å²) in [6.45, 7) is 5.69. The van der Waals surface area contributed by atoms with Crippen LogP contribution in [0.1, 0.15) is 39.5 Å². The minimum absolute atomic E-state index is 0.00519. The van der Waals surface area contributed by atoms with Gasteiger partial charge in [0.05, 0.1) is 6.54 Å². The Morgan fingerprint density at radius 3 is 2.22 bits per heavy atom. The van der Waals surface area contributed by atoms with Crippen molar-refractivity contribution in [2.24, 2.45) is 5.92 Å². The van der Waals surface area contributed by atoms with Gasteiger partial charge in [-0.15, -0.1) is 0 Å². The standard InChI is InChI=1S/C13H24N2O3/c1-3-7-15(8-4-2)11(16)9-14-12(13(17)18)10-5-6-10/h10,12,14H,3-9H2,1-2H3,(H,17,18). The highest BCUT2D eigenvalue weighted by atomic mass is 16.4. The third-order valence-electron chi connectivity index (χ3n) is 3.17. The molecule has 0 spiro atoms. The number of carboxylic acid groups (broad SMARTS) is 1. The highest BCUT2D eigenvalue weighted by Crippen LogP contribution is 2.32. The van der Waals surface area contributed by atoms with Crippen molar-refractivity contribution < 1.29 is 14.7 Å².